The van der Waals surface area contributed by atoms with Crippen LogP contribution in [0.25, 0.3) is 0 Å². The van der Waals surface area contributed by atoms with Crippen LogP contribution in [-0.2, 0) is 4.74 Å². The highest BCUT2D eigenvalue weighted by Crippen LogP contribution is 2.27. The number of benzene rings is 1. The van der Waals surface area contributed by atoms with Gasteiger partial charge in [0.05, 0.1) is 5.56 Å². The first kappa shape index (κ1) is 9.21. The van der Waals surface area contributed by atoms with E-state index < -0.39 is 5.79 Å². The van der Waals surface area contributed by atoms with Crippen molar-refractivity contribution in [2.24, 2.45) is 0 Å². The van der Waals surface area contributed by atoms with E-state index in [9.17, 15) is 4.79 Å². The predicted octanol–water partition coefficient (Wildman–Crippen LogP) is 2.01. The van der Waals surface area contributed by atoms with Crippen molar-refractivity contribution in [3.63, 3.8) is 0 Å². The smallest absolute Gasteiger partial charge is 0.205 e. The molecule has 0 fully saturated rings. The first-order chi connectivity index (χ1) is 6.58. The van der Waals surface area contributed by atoms with Crippen LogP contribution in [0.2, 0.25) is 0 Å². The van der Waals surface area contributed by atoms with Gasteiger partial charge in [-0.05, 0) is 12.1 Å². The molecule has 0 saturated carbocycles. The minimum atomic E-state index is -0.734. The van der Waals surface area contributed by atoms with E-state index in [-0.39, 0.29) is 12.4 Å². The lowest BCUT2D eigenvalue weighted by atomic mass is 10.1. The molecule has 1 aromatic carbocycles. The van der Waals surface area contributed by atoms with E-state index in [2.05, 4.69) is 0 Å². The molecule has 0 atom stereocenters. The number of carbonyl (C=O) groups excluding carboxylic acids is 1. The average Bonchev–Trinajstić information content (AvgIpc) is 2.25. The lowest BCUT2D eigenvalue weighted by Crippen LogP contribution is -2.31. The molecule has 0 saturated heterocycles. The third kappa shape index (κ3) is 1.63. The molecule has 3 nitrogen and oxygen atoms in total. The molecular formula is C11H12O3. The maximum atomic E-state index is 11.6. The summed E-state index contributed by atoms with van der Waals surface area (Å²) in [6, 6.07) is 7.19. The number of ether oxygens (including phenoxy) is 2. The highest BCUT2D eigenvalue weighted by Gasteiger charge is 2.28. The summed E-state index contributed by atoms with van der Waals surface area (Å²) >= 11 is 0. The quantitative estimate of drug-likeness (QED) is 0.630. The number of hydrogen-bond donors (Lipinski definition) is 0. The van der Waals surface area contributed by atoms with Crippen LogP contribution in [0.5, 0.6) is 5.75 Å². The van der Waals surface area contributed by atoms with E-state index >= 15 is 0 Å². The molecule has 0 radical (unpaired) electrons. The van der Waals surface area contributed by atoms with Gasteiger partial charge in [-0.2, -0.15) is 0 Å². The molecular weight excluding hydrogens is 180 g/mol. The Balaban J connectivity index is 2.46. The molecule has 0 unspecified atom stereocenters. The molecule has 0 aliphatic carbocycles. The molecule has 2 rings (SSSR count). The second-order valence-electron chi connectivity index (χ2n) is 3.71. The molecule has 0 spiro atoms. The Morgan fingerprint density at radius 3 is 2.79 bits per heavy atom. The van der Waals surface area contributed by atoms with Crippen LogP contribution < -0.4 is 4.74 Å². The van der Waals surface area contributed by atoms with Gasteiger partial charge in [-0.3, -0.25) is 4.79 Å². The number of fused-ring (bicyclic) bond motifs is 1. The average molecular weight is 192 g/mol. The second kappa shape index (κ2) is 3.10. The summed E-state index contributed by atoms with van der Waals surface area (Å²) in [5.74, 6) is -0.173. The van der Waals surface area contributed by atoms with Crippen molar-refractivity contribution in [2.75, 3.05) is 6.61 Å². The molecule has 14 heavy (non-hydrogen) atoms. The zero-order chi connectivity index (χ0) is 10.2. The van der Waals surface area contributed by atoms with E-state index in [0.29, 0.717) is 11.3 Å². The predicted molar refractivity (Wildman–Crippen MR) is 51.4 cm³/mol. The van der Waals surface area contributed by atoms with Gasteiger partial charge in [0.25, 0.3) is 0 Å². The summed E-state index contributed by atoms with van der Waals surface area (Å²) < 4.78 is 10.9. The Labute approximate surface area is 82.6 Å². The van der Waals surface area contributed by atoms with Crippen molar-refractivity contribution in [1.29, 1.82) is 0 Å². The van der Waals surface area contributed by atoms with Crippen molar-refractivity contribution in [3.8, 4) is 5.75 Å². The first-order valence-corrected chi connectivity index (χ1v) is 4.54. The van der Waals surface area contributed by atoms with Crippen LogP contribution in [-0.4, -0.2) is 18.2 Å². The Hall–Kier alpha value is -1.35. The Bertz CT molecular complexity index is 369. The molecule has 0 N–H and O–H groups in total. The fourth-order valence-electron chi connectivity index (χ4n) is 1.40. The van der Waals surface area contributed by atoms with Gasteiger partial charge in [0.1, 0.15) is 12.4 Å². The van der Waals surface area contributed by atoms with E-state index in [1.807, 2.05) is 12.1 Å². The maximum Gasteiger partial charge on any atom is 0.205 e. The Morgan fingerprint density at radius 1 is 1.29 bits per heavy atom. The zero-order valence-corrected chi connectivity index (χ0v) is 8.24. The van der Waals surface area contributed by atoms with Gasteiger partial charge in [-0.25, -0.2) is 0 Å². The van der Waals surface area contributed by atoms with Crippen LogP contribution in [0.3, 0.4) is 0 Å². The minimum absolute atomic E-state index is 0.0359. The van der Waals surface area contributed by atoms with Crippen LogP contribution >= 0.6 is 0 Å². The second-order valence-corrected chi connectivity index (χ2v) is 3.71. The van der Waals surface area contributed by atoms with Crippen LogP contribution in [0.1, 0.15) is 24.2 Å². The molecule has 0 aromatic heterocycles. The highest BCUT2D eigenvalue weighted by atomic mass is 16.7. The number of Topliss-reactive ketones (excluding diaryl/α,β-unsaturated/α-hetero) is 1. The van der Waals surface area contributed by atoms with Gasteiger partial charge in [0.15, 0.2) is 5.78 Å². The normalized spacial score (nSPS) is 19.4. The number of ketones is 1. The van der Waals surface area contributed by atoms with Crippen LogP contribution in [0.4, 0.5) is 0 Å². The number of para-hydroxylation sites is 1. The SMILES string of the molecule is CC1(C)OCC(=O)c2ccccc2O1. The van der Waals surface area contributed by atoms with E-state index in [1.54, 1.807) is 26.0 Å². The minimum Gasteiger partial charge on any atom is -0.462 e. The topological polar surface area (TPSA) is 35.5 Å². The summed E-state index contributed by atoms with van der Waals surface area (Å²) in [5.41, 5.74) is 0.595. The Morgan fingerprint density at radius 2 is 2.00 bits per heavy atom. The first-order valence-electron chi connectivity index (χ1n) is 4.54. The summed E-state index contributed by atoms with van der Waals surface area (Å²) in [6.07, 6.45) is 0. The largest absolute Gasteiger partial charge is 0.462 e. The molecule has 3 heteroatoms. The summed E-state index contributed by atoms with van der Waals surface area (Å²) in [7, 11) is 0. The Kier molecular flexibility index (Phi) is 2.04. The van der Waals surface area contributed by atoms with Crippen molar-refractivity contribution < 1.29 is 14.3 Å². The van der Waals surface area contributed by atoms with Gasteiger partial charge in [0.2, 0.25) is 5.79 Å². The summed E-state index contributed by atoms with van der Waals surface area (Å²) in [5, 5.41) is 0. The van der Waals surface area contributed by atoms with E-state index in [0.717, 1.165) is 0 Å². The number of hydrogen-bond acceptors (Lipinski definition) is 3. The third-order valence-corrected chi connectivity index (χ3v) is 2.09. The number of carbonyl (C=O) groups is 1. The van der Waals surface area contributed by atoms with E-state index in [4.69, 9.17) is 9.47 Å². The number of rotatable bonds is 0. The third-order valence-electron chi connectivity index (χ3n) is 2.09. The lowest BCUT2D eigenvalue weighted by molar-refractivity contribution is -0.143. The fraction of sp³-hybridized carbons (Fsp3) is 0.364. The summed E-state index contributed by atoms with van der Waals surface area (Å²) in [6.45, 7) is 3.66. The molecule has 74 valence electrons. The van der Waals surface area contributed by atoms with Crippen molar-refractivity contribution in [2.45, 2.75) is 19.6 Å². The van der Waals surface area contributed by atoms with Crippen LogP contribution in [0, 0.1) is 0 Å². The standard InChI is InChI=1S/C11H12O3/c1-11(2)13-7-9(12)8-5-3-4-6-10(8)14-11/h3-6H,7H2,1-2H3. The monoisotopic (exact) mass is 192 g/mol. The fourth-order valence-corrected chi connectivity index (χ4v) is 1.40. The van der Waals surface area contributed by atoms with Crippen molar-refractivity contribution >= 4 is 5.78 Å². The van der Waals surface area contributed by atoms with Crippen molar-refractivity contribution in [3.05, 3.63) is 29.8 Å². The lowest BCUT2D eigenvalue weighted by Gasteiger charge is -2.23. The maximum absolute atomic E-state index is 11.6. The molecule has 1 aliphatic heterocycles. The van der Waals surface area contributed by atoms with Gasteiger partial charge in [0, 0.05) is 13.8 Å². The van der Waals surface area contributed by atoms with Gasteiger partial charge >= 0.3 is 0 Å². The van der Waals surface area contributed by atoms with Gasteiger partial charge in [-0.15, -0.1) is 0 Å². The molecule has 0 amide bonds. The summed E-state index contributed by atoms with van der Waals surface area (Å²) in [4.78, 5) is 11.6. The molecule has 1 aliphatic rings. The van der Waals surface area contributed by atoms with Gasteiger partial charge < -0.3 is 9.47 Å². The highest BCUT2D eigenvalue weighted by molar-refractivity contribution is 5.99. The van der Waals surface area contributed by atoms with E-state index in [1.165, 1.54) is 0 Å². The van der Waals surface area contributed by atoms with Crippen LogP contribution in [0.15, 0.2) is 24.3 Å². The molecule has 1 heterocycles. The zero-order valence-electron chi connectivity index (χ0n) is 8.24. The van der Waals surface area contributed by atoms with Crippen molar-refractivity contribution in [1.82, 2.24) is 0 Å². The van der Waals surface area contributed by atoms with Gasteiger partial charge in [-0.1, -0.05) is 12.1 Å². The molecule has 0 bridgehead atoms. The molecule has 1 aromatic rings.